The van der Waals surface area contributed by atoms with Gasteiger partial charge in [-0.2, -0.15) is 0 Å². The van der Waals surface area contributed by atoms with Crippen LogP contribution in [0.3, 0.4) is 0 Å². The first-order chi connectivity index (χ1) is 20.8. The number of methoxy groups -OCH3 is 1. The molecule has 0 aromatic heterocycles. The van der Waals surface area contributed by atoms with E-state index in [9.17, 15) is 30.6 Å². The molecule has 6 rings (SSSR count). The van der Waals surface area contributed by atoms with Crippen molar-refractivity contribution in [2.75, 3.05) is 20.3 Å². The predicted molar refractivity (Wildman–Crippen MR) is 160 cm³/mol. The molecule has 44 heavy (non-hydrogen) atoms. The van der Waals surface area contributed by atoms with E-state index in [-0.39, 0.29) is 35.4 Å². The SMILES string of the molecule is CO[C@@]1(CC[C@@H](C)CO[C@@H]2O[C@H](CO)[C@@H](O)[C@H](O)[C@H]2O)O[C@H]2C[C@H]3[C@@H]4CC[C@H]5C[C@@H](O)[C@H](O)C[C@]5(C)[C@H]4CC[C@]3(C)[C@H]2[C@@H]1C. The lowest BCUT2D eigenvalue weighted by molar-refractivity contribution is -0.303. The maximum Gasteiger partial charge on any atom is 0.186 e. The van der Waals surface area contributed by atoms with E-state index in [2.05, 4.69) is 27.7 Å². The molecule has 0 amide bonds. The molecule has 2 heterocycles. The number of ether oxygens (including phenoxy) is 4. The van der Waals surface area contributed by atoms with Gasteiger partial charge in [0.1, 0.15) is 24.4 Å². The number of fused-ring (bicyclic) bond motifs is 7. The van der Waals surface area contributed by atoms with Crippen LogP contribution in [-0.4, -0.2) is 106 Å². The molecule has 2 aliphatic heterocycles. The Kier molecular flexibility index (Phi) is 9.32. The number of aliphatic hydroxyl groups excluding tert-OH is 6. The Morgan fingerprint density at radius 3 is 2.36 bits per heavy atom. The average Bonchev–Trinajstić information content (AvgIpc) is 3.45. The summed E-state index contributed by atoms with van der Waals surface area (Å²) in [6, 6.07) is 0. The van der Waals surface area contributed by atoms with Crippen molar-refractivity contribution < 1.29 is 49.6 Å². The number of rotatable bonds is 8. The van der Waals surface area contributed by atoms with Gasteiger partial charge in [-0.05, 0) is 97.7 Å². The standard InChI is InChI=1S/C34H58O10/c1-17(16-42-31-30(40)29(39)28(38)26(15-35)43-31)8-11-34(41-5)18(2)27-25(44-34)13-22-20-7-6-19-12-23(36)24(37)14-33(19,4)21(20)9-10-32(22,27)3/h17-31,35-40H,6-16H2,1-5H3/t17-,18+,19+,20-,21+,22+,23-,24-,25+,26-,27+,28-,29+,30-,31-,32+,33+,34+/m1/s1. The van der Waals surface area contributed by atoms with Crippen molar-refractivity contribution in [2.45, 2.75) is 140 Å². The van der Waals surface area contributed by atoms with Gasteiger partial charge in [-0.15, -0.1) is 0 Å². The number of hydrogen-bond donors (Lipinski definition) is 6. The number of hydrogen-bond acceptors (Lipinski definition) is 10. The van der Waals surface area contributed by atoms with Crippen LogP contribution in [0.15, 0.2) is 0 Å². The minimum absolute atomic E-state index is 0.0877. The van der Waals surface area contributed by atoms with Crippen molar-refractivity contribution in [2.24, 2.45) is 52.3 Å². The summed E-state index contributed by atoms with van der Waals surface area (Å²) in [4.78, 5) is 0. The first-order valence-corrected chi connectivity index (χ1v) is 17.3. The lowest BCUT2D eigenvalue weighted by atomic mass is 9.44. The van der Waals surface area contributed by atoms with Gasteiger partial charge in [0.2, 0.25) is 0 Å². The maximum absolute atomic E-state index is 10.7. The highest BCUT2D eigenvalue weighted by Gasteiger charge is 2.69. The summed E-state index contributed by atoms with van der Waals surface area (Å²) in [6.45, 7) is 9.07. The molecule has 254 valence electrons. The van der Waals surface area contributed by atoms with Crippen molar-refractivity contribution >= 4 is 0 Å². The highest BCUT2D eigenvalue weighted by atomic mass is 16.7. The van der Waals surface area contributed by atoms with E-state index in [4.69, 9.17) is 18.9 Å². The largest absolute Gasteiger partial charge is 0.394 e. The molecule has 4 saturated carbocycles. The molecule has 0 radical (unpaired) electrons. The van der Waals surface area contributed by atoms with Gasteiger partial charge in [-0.25, -0.2) is 0 Å². The Labute approximate surface area is 262 Å². The van der Waals surface area contributed by atoms with Gasteiger partial charge in [0.25, 0.3) is 0 Å². The van der Waals surface area contributed by atoms with E-state index in [0.717, 1.165) is 32.1 Å². The fourth-order valence-corrected chi connectivity index (χ4v) is 11.6. The van der Waals surface area contributed by atoms with E-state index < -0.39 is 55.3 Å². The van der Waals surface area contributed by atoms with Crippen molar-refractivity contribution in [3.8, 4) is 0 Å². The molecular formula is C34H58O10. The van der Waals surface area contributed by atoms with Crippen molar-refractivity contribution in [3.63, 3.8) is 0 Å². The van der Waals surface area contributed by atoms with E-state index >= 15 is 0 Å². The second-order valence-electron chi connectivity index (χ2n) is 16.2. The van der Waals surface area contributed by atoms with Gasteiger partial charge in [0.15, 0.2) is 12.1 Å². The molecule has 18 atom stereocenters. The maximum atomic E-state index is 10.7. The Morgan fingerprint density at radius 1 is 0.909 bits per heavy atom. The minimum atomic E-state index is -1.45. The fourth-order valence-electron chi connectivity index (χ4n) is 11.6. The molecule has 6 aliphatic rings. The third-order valence-electron chi connectivity index (χ3n) is 14.1. The van der Waals surface area contributed by atoms with E-state index in [1.165, 1.54) is 12.8 Å². The molecule has 6 fully saturated rings. The summed E-state index contributed by atoms with van der Waals surface area (Å²) in [6.07, 6.45) is 1.27. The lowest BCUT2D eigenvalue weighted by Gasteiger charge is -2.61. The van der Waals surface area contributed by atoms with Crippen LogP contribution in [0.1, 0.15) is 85.5 Å². The smallest absolute Gasteiger partial charge is 0.186 e. The van der Waals surface area contributed by atoms with Crippen LogP contribution in [0.5, 0.6) is 0 Å². The van der Waals surface area contributed by atoms with Crippen LogP contribution in [0.25, 0.3) is 0 Å². The van der Waals surface area contributed by atoms with Gasteiger partial charge < -0.3 is 49.6 Å². The third kappa shape index (κ3) is 5.22. The summed E-state index contributed by atoms with van der Waals surface area (Å²) < 4.78 is 24.5. The minimum Gasteiger partial charge on any atom is -0.394 e. The zero-order chi connectivity index (χ0) is 31.8. The zero-order valence-corrected chi connectivity index (χ0v) is 27.3. The first-order valence-electron chi connectivity index (χ1n) is 17.3. The Morgan fingerprint density at radius 2 is 1.66 bits per heavy atom. The molecule has 10 heteroatoms. The summed E-state index contributed by atoms with van der Waals surface area (Å²) in [5.74, 6) is 2.37. The van der Waals surface area contributed by atoms with Gasteiger partial charge in [-0.3, -0.25) is 0 Å². The molecule has 0 aromatic rings. The topological polar surface area (TPSA) is 158 Å². The van der Waals surface area contributed by atoms with Crippen LogP contribution in [-0.2, 0) is 18.9 Å². The second kappa shape index (κ2) is 12.2. The highest BCUT2D eigenvalue weighted by molar-refractivity contribution is 5.15. The molecule has 10 nitrogen and oxygen atoms in total. The van der Waals surface area contributed by atoms with E-state index in [1.807, 2.05) is 0 Å². The molecule has 6 N–H and O–H groups in total. The monoisotopic (exact) mass is 626 g/mol. The van der Waals surface area contributed by atoms with Crippen molar-refractivity contribution in [1.29, 1.82) is 0 Å². The third-order valence-corrected chi connectivity index (χ3v) is 14.1. The Hall–Kier alpha value is -0.400. The predicted octanol–water partition coefficient (Wildman–Crippen LogP) is 2.20. The van der Waals surface area contributed by atoms with Crippen molar-refractivity contribution in [1.82, 2.24) is 0 Å². The summed E-state index contributed by atoms with van der Waals surface area (Å²) in [7, 11) is 1.76. The molecule has 4 aliphatic carbocycles. The van der Waals surface area contributed by atoms with Gasteiger partial charge in [0, 0.05) is 19.4 Å². The Bertz CT molecular complexity index is 1010. The molecule has 0 aromatic carbocycles. The molecule has 2 saturated heterocycles. The quantitative estimate of drug-likeness (QED) is 0.236. The van der Waals surface area contributed by atoms with Crippen LogP contribution < -0.4 is 0 Å². The van der Waals surface area contributed by atoms with Crippen LogP contribution in [0.2, 0.25) is 0 Å². The van der Waals surface area contributed by atoms with E-state index in [0.29, 0.717) is 42.4 Å². The van der Waals surface area contributed by atoms with Gasteiger partial charge >= 0.3 is 0 Å². The van der Waals surface area contributed by atoms with Crippen LogP contribution in [0.4, 0.5) is 0 Å². The van der Waals surface area contributed by atoms with Gasteiger partial charge in [-0.1, -0.05) is 27.7 Å². The Balaban J connectivity index is 1.08. The summed E-state index contributed by atoms with van der Waals surface area (Å²) in [5, 5.41) is 61.0. The molecule has 0 spiro atoms. The molecule has 0 unspecified atom stereocenters. The average molecular weight is 627 g/mol. The summed E-state index contributed by atoms with van der Waals surface area (Å²) >= 11 is 0. The van der Waals surface area contributed by atoms with Crippen LogP contribution in [0, 0.1) is 52.3 Å². The normalized spacial score (nSPS) is 56.0. The van der Waals surface area contributed by atoms with Crippen molar-refractivity contribution in [3.05, 3.63) is 0 Å². The number of aliphatic hydroxyl groups is 6. The van der Waals surface area contributed by atoms with Gasteiger partial charge in [0.05, 0.1) is 31.5 Å². The first kappa shape index (κ1) is 33.5. The zero-order valence-electron chi connectivity index (χ0n) is 27.3. The van der Waals surface area contributed by atoms with Crippen LogP contribution >= 0.6 is 0 Å². The second-order valence-corrected chi connectivity index (χ2v) is 16.2. The lowest BCUT2D eigenvalue weighted by Crippen LogP contribution is -2.59. The molecular weight excluding hydrogens is 568 g/mol. The fraction of sp³-hybridized carbons (Fsp3) is 1.00. The van der Waals surface area contributed by atoms with E-state index in [1.54, 1.807) is 7.11 Å². The highest BCUT2D eigenvalue weighted by Crippen LogP contribution is 2.71. The summed E-state index contributed by atoms with van der Waals surface area (Å²) in [5.41, 5.74) is 0.274. The molecule has 0 bridgehead atoms.